The van der Waals surface area contributed by atoms with Gasteiger partial charge in [0.15, 0.2) is 0 Å². The Kier molecular flexibility index (Phi) is 26.6. The highest BCUT2D eigenvalue weighted by atomic mass is 35.5. The average Bonchev–Trinajstić information content (AvgIpc) is 3.26. The molecule has 2 amide bonds. The summed E-state index contributed by atoms with van der Waals surface area (Å²) in [7, 11) is 0. The van der Waals surface area contributed by atoms with Gasteiger partial charge in [0.25, 0.3) is 11.1 Å². The molecule has 2 aromatic heterocycles. The van der Waals surface area contributed by atoms with Crippen LogP contribution in [0.5, 0.6) is 0 Å². The molecule has 2 heterocycles. The molecule has 0 spiro atoms. The zero-order chi connectivity index (χ0) is 55.7. The van der Waals surface area contributed by atoms with Gasteiger partial charge in [-0.3, -0.25) is 38.1 Å². The van der Waals surface area contributed by atoms with Gasteiger partial charge in [-0.2, -0.15) is 0 Å². The van der Waals surface area contributed by atoms with Crippen LogP contribution in [0, 0.1) is 27.7 Å². The maximum Gasteiger partial charge on any atom is 0.329 e. The van der Waals surface area contributed by atoms with E-state index in [9.17, 15) is 28.8 Å². The monoisotopic (exact) mass is 1080 g/mol. The highest BCUT2D eigenvalue weighted by molar-refractivity contribution is 6.31. The molecule has 0 aliphatic rings. The number of H-pyrrole nitrogens is 2. The number of aromatic amines is 2. The quantitative estimate of drug-likeness (QED) is 0.0714. The van der Waals surface area contributed by atoms with Crippen molar-refractivity contribution in [2.24, 2.45) is 0 Å². The summed E-state index contributed by atoms with van der Waals surface area (Å²) in [4.78, 5) is 79.4. The van der Waals surface area contributed by atoms with Gasteiger partial charge in [-0.05, 0) is 115 Å². The summed E-state index contributed by atoms with van der Waals surface area (Å²) in [6.07, 6.45) is 4.12. The van der Waals surface area contributed by atoms with Crippen LogP contribution >= 0.6 is 46.4 Å². The molecule has 0 radical (unpaired) electrons. The number of unbranched alkanes of at least 4 members (excludes halogenated alkanes) is 2. The number of alkyl halides is 2. The summed E-state index contributed by atoms with van der Waals surface area (Å²) in [5.41, 5.74) is 4.05. The van der Waals surface area contributed by atoms with Gasteiger partial charge in [0.05, 0.1) is 11.4 Å². The Bertz CT molecular complexity index is 2460. The largest absolute Gasteiger partial charge is 0.361 e. The van der Waals surface area contributed by atoms with Gasteiger partial charge in [-0.15, -0.1) is 23.2 Å². The number of aromatic nitrogens is 4. The Morgan fingerprint density at radius 1 is 0.556 bits per heavy atom. The molecular formula is C54H82Cl4N6O8. The number of aryl methyl sites for hydroxylation is 4. The van der Waals surface area contributed by atoms with Crippen LogP contribution in [-0.2, 0) is 41.0 Å². The highest BCUT2D eigenvalue weighted by Gasteiger charge is 2.28. The third-order valence-electron chi connectivity index (χ3n) is 11.0. The molecule has 0 aliphatic carbocycles. The lowest BCUT2D eigenvalue weighted by Gasteiger charge is -2.31. The van der Waals surface area contributed by atoms with E-state index in [1.54, 1.807) is 65.2 Å². The Balaban J connectivity index is 0.000000491. The molecule has 14 nitrogen and oxygen atoms in total. The first kappa shape index (κ1) is 65.8. The highest BCUT2D eigenvalue weighted by Crippen LogP contribution is 2.36. The summed E-state index contributed by atoms with van der Waals surface area (Å²) >= 11 is 23.1. The maximum absolute atomic E-state index is 12.3. The van der Waals surface area contributed by atoms with Crippen molar-refractivity contribution in [3.63, 3.8) is 0 Å². The molecular weight excluding hydrogens is 1000 g/mol. The van der Waals surface area contributed by atoms with E-state index in [1.807, 2.05) is 38.1 Å². The number of amides is 2. The third-order valence-corrected chi connectivity index (χ3v) is 12.3. The van der Waals surface area contributed by atoms with Crippen molar-refractivity contribution in [2.45, 2.75) is 172 Å². The lowest BCUT2D eigenvalue weighted by Crippen LogP contribution is -2.45. The van der Waals surface area contributed by atoms with E-state index >= 15 is 0 Å². The van der Waals surface area contributed by atoms with Crippen LogP contribution in [0.25, 0.3) is 0 Å². The topological polar surface area (TPSA) is 169 Å². The Hall–Kier alpha value is -4.18. The predicted molar refractivity (Wildman–Crippen MR) is 300 cm³/mol. The first-order valence-electron chi connectivity index (χ1n) is 24.3. The molecule has 0 aliphatic heterocycles. The minimum atomic E-state index is -0.567. The van der Waals surface area contributed by atoms with E-state index in [0.717, 1.165) is 68.4 Å². The molecule has 404 valence electrons. The number of hydrogen-bond donors (Lipinski definition) is 2. The van der Waals surface area contributed by atoms with Crippen LogP contribution in [0.2, 0.25) is 10.0 Å². The summed E-state index contributed by atoms with van der Waals surface area (Å²) < 4.78 is 13.6. The molecule has 4 aromatic rings. The second kappa shape index (κ2) is 29.1. The molecule has 0 bridgehead atoms. The second-order valence-electron chi connectivity index (χ2n) is 21.5. The van der Waals surface area contributed by atoms with Gasteiger partial charge in [0.2, 0.25) is 11.8 Å². The molecule has 2 aromatic carbocycles. The SMILES string of the molecule is CCCCOCN(C(=O)CCl)c1c(C)cccc1C(C)(C)C.CCCCOCN(C(=O)CCl)c1c(C)cccc1C(C)(C)C.Cc1[nH]c(=O)n(C(C)(C)C)c(=O)c1Cl.Cc1[nH]c(=O)n(C(C)(C)C)c(=O)c1Cl. The van der Waals surface area contributed by atoms with Crippen LogP contribution in [0.4, 0.5) is 11.4 Å². The Morgan fingerprint density at radius 2 is 0.861 bits per heavy atom. The molecule has 18 heteroatoms. The summed E-state index contributed by atoms with van der Waals surface area (Å²) in [6, 6.07) is 12.2. The van der Waals surface area contributed by atoms with E-state index in [1.165, 1.54) is 0 Å². The van der Waals surface area contributed by atoms with Crippen LogP contribution in [-0.4, -0.2) is 69.4 Å². The Labute approximate surface area is 447 Å². The number of ether oxygens (including phenoxy) is 2. The summed E-state index contributed by atoms with van der Waals surface area (Å²) in [5.74, 6) is -0.347. The summed E-state index contributed by atoms with van der Waals surface area (Å²) in [6.45, 7) is 36.8. The third kappa shape index (κ3) is 19.3. The molecule has 2 N–H and O–H groups in total. The minimum Gasteiger partial charge on any atom is -0.361 e. The molecule has 0 atom stereocenters. The normalized spacial score (nSPS) is 11.6. The number of anilines is 2. The maximum atomic E-state index is 12.3. The first-order valence-corrected chi connectivity index (χ1v) is 26.1. The van der Waals surface area contributed by atoms with E-state index in [-0.39, 0.29) is 57.9 Å². The zero-order valence-electron chi connectivity index (χ0n) is 46.1. The van der Waals surface area contributed by atoms with Gasteiger partial charge < -0.3 is 19.4 Å². The van der Waals surface area contributed by atoms with E-state index in [2.05, 4.69) is 77.5 Å². The van der Waals surface area contributed by atoms with Gasteiger partial charge in [-0.25, -0.2) is 9.59 Å². The number of halogens is 4. The average molecular weight is 1090 g/mol. The number of nitrogens with zero attached hydrogens (tertiary/aromatic N) is 4. The lowest BCUT2D eigenvalue weighted by molar-refractivity contribution is -0.118. The Morgan fingerprint density at radius 3 is 1.11 bits per heavy atom. The van der Waals surface area contributed by atoms with Crippen LogP contribution in [0.15, 0.2) is 55.6 Å². The van der Waals surface area contributed by atoms with Gasteiger partial charge in [-0.1, -0.05) is 128 Å². The molecule has 0 fully saturated rings. The predicted octanol–water partition coefficient (Wildman–Crippen LogP) is 11.8. The first-order chi connectivity index (χ1) is 33.1. The smallest absolute Gasteiger partial charge is 0.329 e. The molecule has 72 heavy (non-hydrogen) atoms. The van der Waals surface area contributed by atoms with Crippen LogP contribution in [0.1, 0.15) is 156 Å². The fourth-order valence-corrected chi connectivity index (χ4v) is 7.73. The molecule has 4 rings (SSSR count). The van der Waals surface area contributed by atoms with Crippen molar-refractivity contribution < 1.29 is 19.1 Å². The number of hydrogen-bond acceptors (Lipinski definition) is 8. The fraction of sp³-hybridized carbons (Fsp3) is 0.593. The van der Waals surface area contributed by atoms with Crippen molar-refractivity contribution in [1.29, 1.82) is 0 Å². The van der Waals surface area contributed by atoms with Crippen molar-refractivity contribution in [3.05, 3.63) is 122 Å². The van der Waals surface area contributed by atoms with Crippen LogP contribution in [0.3, 0.4) is 0 Å². The second-order valence-corrected chi connectivity index (χ2v) is 22.8. The van der Waals surface area contributed by atoms with Gasteiger partial charge in [0, 0.05) is 35.7 Å². The van der Waals surface area contributed by atoms with Gasteiger partial charge >= 0.3 is 11.4 Å². The van der Waals surface area contributed by atoms with Crippen LogP contribution < -0.4 is 32.3 Å². The number of nitrogens with one attached hydrogen (secondary N) is 2. The fourth-order valence-electron chi connectivity index (χ4n) is 7.18. The number of rotatable bonds is 14. The summed E-state index contributed by atoms with van der Waals surface area (Å²) in [5, 5.41) is 0.138. The van der Waals surface area contributed by atoms with E-state index in [0.29, 0.717) is 24.6 Å². The van der Waals surface area contributed by atoms with E-state index < -0.39 is 33.6 Å². The lowest BCUT2D eigenvalue weighted by atomic mass is 9.84. The number of benzene rings is 2. The number of carbonyl (C=O) groups excluding carboxylic acids is 2. The number of carbonyl (C=O) groups is 2. The molecule has 0 unspecified atom stereocenters. The van der Waals surface area contributed by atoms with Crippen molar-refractivity contribution >= 4 is 69.6 Å². The van der Waals surface area contributed by atoms with Crippen molar-refractivity contribution in [3.8, 4) is 0 Å². The number of para-hydroxylation sites is 2. The molecule has 0 saturated heterocycles. The van der Waals surface area contributed by atoms with E-state index in [4.69, 9.17) is 55.9 Å². The van der Waals surface area contributed by atoms with Gasteiger partial charge in [0.1, 0.15) is 35.3 Å². The standard InChI is InChI=1S/2C18H28ClNO2.2C9H13ClN2O2/c2*1-6-7-11-22-13-20(16(21)12-19)17-14(2)9-8-10-15(17)18(3,4)5;2*1-5-6(10)7(13)12(8(14)11-5)9(2,3)4/h2*8-10H,6-7,11-13H2,1-5H3;2*1-4H3,(H,11,14). The molecule has 0 saturated carbocycles. The zero-order valence-corrected chi connectivity index (χ0v) is 49.1. The van der Waals surface area contributed by atoms with Crippen molar-refractivity contribution in [2.75, 3.05) is 48.2 Å². The van der Waals surface area contributed by atoms with Crippen molar-refractivity contribution in [1.82, 2.24) is 19.1 Å². The minimum absolute atomic E-state index is 0.0466.